The van der Waals surface area contributed by atoms with Gasteiger partial charge in [-0.2, -0.15) is 4.98 Å². The minimum atomic E-state index is 0.542. The van der Waals surface area contributed by atoms with Gasteiger partial charge in [-0.15, -0.1) is 0 Å². The number of hydrogen-bond acceptors (Lipinski definition) is 7. The Balaban J connectivity index is 1.52. The number of ether oxygens (including phenoxy) is 1. The maximum absolute atomic E-state index is 5.47. The van der Waals surface area contributed by atoms with Gasteiger partial charge in [0.05, 0.1) is 37.4 Å². The third-order valence-corrected chi connectivity index (χ3v) is 4.37. The fourth-order valence-electron chi connectivity index (χ4n) is 3.09. The summed E-state index contributed by atoms with van der Waals surface area (Å²) in [7, 11) is 0. The Morgan fingerprint density at radius 2 is 1.93 bits per heavy atom. The number of nitrogens with one attached hydrogen (secondary N) is 2. The average molecular weight is 365 g/mol. The standard InChI is InChI=1S/C20H23N5O2/c1-15-13-19(24-20(22-15)21-14-16-5-4-10-27-16)23-17-6-2-3-7-18(17)25-8-11-26-12-9-25/h2-7,10,13H,8-9,11-12,14H2,1H3,(H2,21,22,23,24). The molecule has 0 saturated carbocycles. The minimum absolute atomic E-state index is 0.542. The van der Waals surface area contributed by atoms with Crippen LogP contribution in [0.1, 0.15) is 11.5 Å². The molecule has 2 aromatic heterocycles. The van der Waals surface area contributed by atoms with E-state index in [1.165, 1.54) is 0 Å². The number of furan rings is 1. The van der Waals surface area contributed by atoms with Crippen LogP contribution in [0.4, 0.5) is 23.1 Å². The summed E-state index contributed by atoms with van der Waals surface area (Å²) in [6.07, 6.45) is 1.66. The van der Waals surface area contributed by atoms with E-state index in [0.29, 0.717) is 12.5 Å². The molecule has 3 aromatic rings. The molecule has 0 amide bonds. The summed E-state index contributed by atoms with van der Waals surface area (Å²) in [5, 5.41) is 6.66. The van der Waals surface area contributed by atoms with Crippen molar-refractivity contribution in [2.75, 3.05) is 41.8 Å². The fourth-order valence-corrected chi connectivity index (χ4v) is 3.09. The molecule has 0 radical (unpaired) electrons. The van der Waals surface area contributed by atoms with Crippen molar-refractivity contribution in [2.45, 2.75) is 13.5 Å². The van der Waals surface area contributed by atoms with Crippen molar-refractivity contribution in [1.82, 2.24) is 9.97 Å². The summed E-state index contributed by atoms with van der Waals surface area (Å²) in [6.45, 7) is 5.78. The second-order valence-electron chi connectivity index (χ2n) is 6.39. The molecule has 0 aliphatic carbocycles. The SMILES string of the molecule is Cc1cc(Nc2ccccc2N2CCOCC2)nc(NCc2ccco2)n1. The van der Waals surface area contributed by atoms with Crippen LogP contribution in [0.3, 0.4) is 0 Å². The summed E-state index contributed by atoms with van der Waals surface area (Å²) < 4.78 is 10.8. The Morgan fingerprint density at radius 1 is 1.07 bits per heavy atom. The zero-order valence-electron chi connectivity index (χ0n) is 15.3. The number of nitrogens with zero attached hydrogens (tertiary/aromatic N) is 3. The topological polar surface area (TPSA) is 75.5 Å². The number of morpholine rings is 1. The van der Waals surface area contributed by atoms with Crippen molar-refractivity contribution < 1.29 is 9.15 Å². The van der Waals surface area contributed by atoms with Gasteiger partial charge in [-0.05, 0) is 31.2 Å². The molecule has 4 rings (SSSR count). The fraction of sp³-hybridized carbons (Fsp3) is 0.300. The monoisotopic (exact) mass is 365 g/mol. The second-order valence-corrected chi connectivity index (χ2v) is 6.39. The molecule has 1 saturated heterocycles. The van der Waals surface area contributed by atoms with E-state index in [-0.39, 0.29) is 0 Å². The number of benzene rings is 1. The third kappa shape index (κ3) is 4.38. The molecule has 2 N–H and O–H groups in total. The van der Waals surface area contributed by atoms with E-state index in [4.69, 9.17) is 9.15 Å². The first kappa shape index (κ1) is 17.4. The number of rotatable bonds is 6. The highest BCUT2D eigenvalue weighted by atomic mass is 16.5. The molecule has 0 atom stereocenters. The second kappa shape index (κ2) is 8.09. The van der Waals surface area contributed by atoms with Crippen LogP contribution in [0.5, 0.6) is 0 Å². The lowest BCUT2D eigenvalue weighted by atomic mass is 10.2. The van der Waals surface area contributed by atoms with Crippen molar-refractivity contribution in [3.8, 4) is 0 Å². The van der Waals surface area contributed by atoms with Crippen LogP contribution in [0.25, 0.3) is 0 Å². The first-order valence-corrected chi connectivity index (χ1v) is 9.08. The van der Waals surface area contributed by atoms with E-state index in [0.717, 1.165) is 55.0 Å². The number of hydrogen-bond donors (Lipinski definition) is 2. The maximum atomic E-state index is 5.47. The maximum Gasteiger partial charge on any atom is 0.225 e. The van der Waals surface area contributed by atoms with Gasteiger partial charge in [0.2, 0.25) is 5.95 Å². The van der Waals surface area contributed by atoms with Crippen molar-refractivity contribution in [3.63, 3.8) is 0 Å². The van der Waals surface area contributed by atoms with Gasteiger partial charge in [0.15, 0.2) is 0 Å². The number of anilines is 4. The highest BCUT2D eigenvalue weighted by Crippen LogP contribution is 2.29. The Hall–Kier alpha value is -3.06. The van der Waals surface area contributed by atoms with Gasteiger partial charge in [-0.1, -0.05) is 12.1 Å². The highest BCUT2D eigenvalue weighted by Gasteiger charge is 2.15. The van der Waals surface area contributed by atoms with Crippen LogP contribution in [0, 0.1) is 6.92 Å². The Morgan fingerprint density at radius 3 is 2.74 bits per heavy atom. The molecule has 1 aliphatic heterocycles. The smallest absolute Gasteiger partial charge is 0.225 e. The predicted octanol–water partition coefficient (Wildman–Crippen LogP) is 3.57. The van der Waals surface area contributed by atoms with Gasteiger partial charge in [-0.25, -0.2) is 4.98 Å². The molecule has 1 aliphatic rings. The molecule has 1 aromatic carbocycles. The zero-order valence-corrected chi connectivity index (χ0v) is 15.3. The van der Waals surface area contributed by atoms with Gasteiger partial charge in [0, 0.05) is 24.8 Å². The Labute approximate surface area is 158 Å². The van der Waals surface area contributed by atoms with Crippen LogP contribution in [0.2, 0.25) is 0 Å². The summed E-state index contributed by atoms with van der Waals surface area (Å²) in [5.41, 5.74) is 3.06. The number of para-hydroxylation sites is 2. The number of aromatic nitrogens is 2. The molecule has 7 nitrogen and oxygen atoms in total. The van der Waals surface area contributed by atoms with Crippen molar-refractivity contribution in [2.24, 2.45) is 0 Å². The molecular formula is C20H23N5O2. The number of aryl methyl sites for hydroxylation is 1. The Bertz CT molecular complexity index is 876. The normalized spacial score (nSPS) is 14.2. The predicted molar refractivity (Wildman–Crippen MR) is 106 cm³/mol. The molecular weight excluding hydrogens is 342 g/mol. The molecule has 1 fully saturated rings. The van der Waals surface area contributed by atoms with Crippen molar-refractivity contribution in [1.29, 1.82) is 0 Å². The summed E-state index contributed by atoms with van der Waals surface area (Å²) in [4.78, 5) is 11.4. The molecule has 140 valence electrons. The van der Waals surface area contributed by atoms with Crippen LogP contribution < -0.4 is 15.5 Å². The van der Waals surface area contributed by atoms with Crippen LogP contribution in [0.15, 0.2) is 53.1 Å². The quantitative estimate of drug-likeness (QED) is 0.691. The lowest BCUT2D eigenvalue weighted by Crippen LogP contribution is -2.36. The van der Waals surface area contributed by atoms with Crippen LogP contribution >= 0.6 is 0 Å². The van der Waals surface area contributed by atoms with Gasteiger partial charge in [-0.3, -0.25) is 0 Å². The first-order chi connectivity index (χ1) is 13.3. The first-order valence-electron chi connectivity index (χ1n) is 9.08. The van der Waals surface area contributed by atoms with Gasteiger partial charge < -0.3 is 24.7 Å². The summed E-state index contributed by atoms with van der Waals surface area (Å²) in [6, 6.07) is 14.0. The molecule has 27 heavy (non-hydrogen) atoms. The third-order valence-electron chi connectivity index (χ3n) is 4.37. The average Bonchev–Trinajstić information content (AvgIpc) is 3.21. The van der Waals surface area contributed by atoms with E-state index in [2.05, 4.69) is 43.7 Å². The molecule has 0 bridgehead atoms. The lowest BCUT2D eigenvalue weighted by molar-refractivity contribution is 0.123. The van der Waals surface area contributed by atoms with Crippen molar-refractivity contribution in [3.05, 3.63) is 60.2 Å². The van der Waals surface area contributed by atoms with Crippen LogP contribution in [-0.2, 0) is 11.3 Å². The summed E-state index contributed by atoms with van der Waals surface area (Å²) >= 11 is 0. The van der Waals surface area contributed by atoms with E-state index in [9.17, 15) is 0 Å². The zero-order chi connectivity index (χ0) is 18.5. The minimum Gasteiger partial charge on any atom is -0.467 e. The lowest BCUT2D eigenvalue weighted by Gasteiger charge is -2.30. The van der Waals surface area contributed by atoms with E-state index in [1.54, 1.807) is 6.26 Å². The van der Waals surface area contributed by atoms with E-state index in [1.807, 2.05) is 31.2 Å². The van der Waals surface area contributed by atoms with Crippen LogP contribution in [-0.4, -0.2) is 36.3 Å². The highest BCUT2D eigenvalue weighted by molar-refractivity contribution is 5.74. The van der Waals surface area contributed by atoms with Gasteiger partial charge in [0.25, 0.3) is 0 Å². The van der Waals surface area contributed by atoms with E-state index >= 15 is 0 Å². The molecule has 7 heteroatoms. The van der Waals surface area contributed by atoms with Gasteiger partial charge in [0.1, 0.15) is 11.6 Å². The largest absolute Gasteiger partial charge is 0.467 e. The van der Waals surface area contributed by atoms with E-state index < -0.39 is 0 Å². The summed E-state index contributed by atoms with van der Waals surface area (Å²) in [5.74, 6) is 2.16. The molecule has 0 unspecified atom stereocenters. The molecule has 0 spiro atoms. The van der Waals surface area contributed by atoms with Gasteiger partial charge >= 0.3 is 0 Å². The van der Waals surface area contributed by atoms with Crippen molar-refractivity contribution >= 4 is 23.1 Å². The Kier molecular flexibility index (Phi) is 5.20. The molecule has 3 heterocycles.